The van der Waals surface area contributed by atoms with Gasteiger partial charge < -0.3 is 4.74 Å². The lowest BCUT2D eigenvalue weighted by Crippen LogP contribution is -2.31. The van der Waals surface area contributed by atoms with E-state index in [0.717, 1.165) is 12.8 Å². The van der Waals surface area contributed by atoms with Crippen molar-refractivity contribution in [1.82, 2.24) is 0 Å². The first-order valence-electron chi connectivity index (χ1n) is 4.95. The summed E-state index contributed by atoms with van der Waals surface area (Å²) in [4.78, 5) is 11.4. The monoisotopic (exact) mass is 190 g/mol. The Kier molecular flexibility index (Phi) is 2.53. The molecule has 0 radical (unpaired) electrons. The van der Waals surface area contributed by atoms with Crippen molar-refractivity contribution in [3.63, 3.8) is 0 Å². The van der Waals surface area contributed by atoms with E-state index in [1.54, 1.807) is 0 Å². The maximum absolute atomic E-state index is 11.4. The van der Waals surface area contributed by atoms with Gasteiger partial charge in [0, 0.05) is 0 Å². The first-order chi connectivity index (χ1) is 6.83. The van der Waals surface area contributed by atoms with Gasteiger partial charge in [-0.1, -0.05) is 30.3 Å². The van der Waals surface area contributed by atoms with E-state index in [4.69, 9.17) is 4.74 Å². The van der Waals surface area contributed by atoms with Crippen molar-refractivity contribution in [2.75, 3.05) is 7.11 Å². The van der Waals surface area contributed by atoms with E-state index in [2.05, 4.69) is 12.1 Å². The minimum absolute atomic E-state index is 0.0647. The van der Waals surface area contributed by atoms with Crippen LogP contribution in [0.5, 0.6) is 0 Å². The minimum atomic E-state index is -0.0647. The molecule has 0 aromatic heterocycles. The van der Waals surface area contributed by atoms with Crippen molar-refractivity contribution in [1.29, 1.82) is 0 Å². The van der Waals surface area contributed by atoms with Crippen LogP contribution in [0.25, 0.3) is 0 Å². The highest BCUT2D eigenvalue weighted by Gasteiger charge is 2.37. The summed E-state index contributed by atoms with van der Waals surface area (Å²) in [6.45, 7) is 0. The lowest BCUT2D eigenvalue weighted by Gasteiger charge is -2.34. The highest BCUT2D eigenvalue weighted by Crippen LogP contribution is 2.42. The van der Waals surface area contributed by atoms with Gasteiger partial charge in [-0.15, -0.1) is 0 Å². The molecule has 1 aromatic rings. The molecule has 1 fully saturated rings. The van der Waals surface area contributed by atoms with Crippen LogP contribution in [0, 0.1) is 5.92 Å². The zero-order valence-corrected chi connectivity index (χ0v) is 8.27. The van der Waals surface area contributed by atoms with Gasteiger partial charge in [-0.3, -0.25) is 4.79 Å². The second-order valence-corrected chi connectivity index (χ2v) is 3.72. The van der Waals surface area contributed by atoms with Crippen LogP contribution in [0.3, 0.4) is 0 Å². The molecule has 2 rings (SSSR count). The van der Waals surface area contributed by atoms with Gasteiger partial charge in [-0.25, -0.2) is 0 Å². The number of hydrogen-bond donors (Lipinski definition) is 0. The van der Waals surface area contributed by atoms with Gasteiger partial charge >= 0.3 is 5.97 Å². The highest BCUT2D eigenvalue weighted by atomic mass is 16.5. The first-order valence-corrected chi connectivity index (χ1v) is 4.95. The SMILES string of the molecule is COC(=O)[C@@H]1CC[C@@H]1c1ccccc1. The van der Waals surface area contributed by atoms with Crippen LogP contribution in [0.2, 0.25) is 0 Å². The molecule has 14 heavy (non-hydrogen) atoms. The highest BCUT2D eigenvalue weighted by molar-refractivity contribution is 5.74. The Morgan fingerprint density at radius 1 is 1.29 bits per heavy atom. The molecule has 2 nitrogen and oxygen atoms in total. The van der Waals surface area contributed by atoms with Crippen molar-refractivity contribution in [3.05, 3.63) is 35.9 Å². The smallest absolute Gasteiger partial charge is 0.309 e. The molecule has 0 amide bonds. The summed E-state index contributed by atoms with van der Waals surface area (Å²) in [6, 6.07) is 10.2. The molecule has 1 aliphatic rings. The van der Waals surface area contributed by atoms with Crippen molar-refractivity contribution < 1.29 is 9.53 Å². The average molecular weight is 190 g/mol. The Balaban J connectivity index is 2.10. The van der Waals surface area contributed by atoms with E-state index < -0.39 is 0 Å². The van der Waals surface area contributed by atoms with Crippen LogP contribution in [0.1, 0.15) is 24.3 Å². The topological polar surface area (TPSA) is 26.3 Å². The van der Waals surface area contributed by atoms with Crippen LogP contribution >= 0.6 is 0 Å². The van der Waals surface area contributed by atoms with Gasteiger partial charge in [0.15, 0.2) is 0 Å². The molecule has 1 aliphatic carbocycles. The summed E-state index contributed by atoms with van der Waals surface area (Å²) in [7, 11) is 1.46. The van der Waals surface area contributed by atoms with Crippen LogP contribution in [0.4, 0.5) is 0 Å². The summed E-state index contributed by atoms with van der Waals surface area (Å²) in [5.41, 5.74) is 1.26. The number of rotatable bonds is 2. The van der Waals surface area contributed by atoms with Crippen LogP contribution in [0.15, 0.2) is 30.3 Å². The van der Waals surface area contributed by atoms with Crippen LogP contribution < -0.4 is 0 Å². The molecule has 0 heterocycles. The molecule has 2 atom stereocenters. The van der Waals surface area contributed by atoms with Crippen molar-refractivity contribution in [3.8, 4) is 0 Å². The van der Waals surface area contributed by atoms with Gasteiger partial charge in [0.1, 0.15) is 0 Å². The second kappa shape index (κ2) is 3.82. The summed E-state index contributed by atoms with van der Waals surface area (Å²) < 4.78 is 4.77. The molecule has 0 N–H and O–H groups in total. The lowest BCUT2D eigenvalue weighted by molar-refractivity contribution is -0.149. The van der Waals surface area contributed by atoms with Crippen LogP contribution in [-0.2, 0) is 9.53 Å². The van der Waals surface area contributed by atoms with Crippen molar-refractivity contribution in [2.24, 2.45) is 5.92 Å². The van der Waals surface area contributed by atoms with E-state index in [9.17, 15) is 4.79 Å². The molecule has 0 unspecified atom stereocenters. The molecule has 1 saturated carbocycles. The largest absolute Gasteiger partial charge is 0.469 e. The van der Waals surface area contributed by atoms with E-state index >= 15 is 0 Å². The van der Waals surface area contributed by atoms with Gasteiger partial charge in [0.05, 0.1) is 13.0 Å². The molecular weight excluding hydrogens is 176 g/mol. The molecular formula is C12H14O2. The van der Waals surface area contributed by atoms with E-state index in [1.165, 1.54) is 12.7 Å². The fourth-order valence-corrected chi connectivity index (χ4v) is 2.03. The zero-order valence-electron chi connectivity index (χ0n) is 8.27. The Hall–Kier alpha value is -1.31. The number of ether oxygens (including phenoxy) is 1. The van der Waals surface area contributed by atoms with Crippen molar-refractivity contribution in [2.45, 2.75) is 18.8 Å². The third kappa shape index (κ3) is 1.52. The number of carbonyl (C=O) groups excluding carboxylic acids is 1. The normalized spacial score (nSPS) is 25.2. The Morgan fingerprint density at radius 2 is 2.00 bits per heavy atom. The molecule has 0 spiro atoms. The third-order valence-electron chi connectivity index (χ3n) is 3.01. The molecule has 0 saturated heterocycles. The number of benzene rings is 1. The van der Waals surface area contributed by atoms with Crippen molar-refractivity contribution >= 4 is 5.97 Å². The maximum Gasteiger partial charge on any atom is 0.309 e. The average Bonchev–Trinajstić information content (AvgIpc) is 2.17. The molecule has 74 valence electrons. The zero-order chi connectivity index (χ0) is 9.97. The predicted molar refractivity (Wildman–Crippen MR) is 53.9 cm³/mol. The molecule has 2 heteroatoms. The number of methoxy groups -OCH3 is 1. The summed E-state index contributed by atoms with van der Waals surface area (Å²) >= 11 is 0. The Morgan fingerprint density at radius 3 is 2.50 bits per heavy atom. The predicted octanol–water partition coefficient (Wildman–Crippen LogP) is 2.35. The van der Waals surface area contributed by atoms with Crippen LogP contribution in [-0.4, -0.2) is 13.1 Å². The van der Waals surface area contributed by atoms with E-state index in [1.807, 2.05) is 18.2 Å². The Labute approximate surface area is 83.9 Å². The summed E-state index contributed by atoms with van der Waals surface area (Å²) in [6.07, 6.45) is 2.07. The standard InChI is InChI=1S/C12H14O2/c1-14-12(13)11-8-7-10(11)9-5-3-2-4-6-9/h2-6,10-11H,7-8H2,1H3/t10-,11-/m1/s1. The molecule has 0 bridgehead atoms. The minimum Gasteiger partial charge on any atom is -0.469 e. The summed E-state index contributed by atoms with van der Waals surface area (Å²) in [5.74, 6) is 0.399. The quantitative estimate of drug-likeness (QED) is 0.669. The molecule has 1 aromatic carbocycles. The fourth-order valence-electron chi connectivity index (χ4n) is 2.03. The Bertz CT molecular complexity index is 318. The third-order valence-corrected chi connectivity index (χ3v) is 3.01. The summed E-state index contributed by atoms with van der Waals surface area (Å²) in [5, 5.41) is 0. The maximum atomic E-state index is 11.4. The molecule has 0 aliphatic heterocycles. The number of hydrogen-bond acceptors (Lipinski definition) is 2. The fraction of sp³-hybridized carbons (Fsp3) is 0.417. The number of carbonyl (C=O) groups is 1. The van der Waals surface area contributed by atoms with Gasteiger partial charge in [0.2, 0.25) is 0 Å². The van der Waals surface area contributed by atoms with Gasteiger partial charge in [-0.05, 0) is 24.3 Å². The lowest BCUT2D eigenvalue weighted by atomic mass is 9.70. The first kappa shape index (κ1) is 9.25. The van der Waals surface area contributed by atoms with Gasteiger partial charge in [0.25, 0.3) is 0 Å². The van der Waals surface area contributed by atoms with E-state index in [0.29, 0.717) is 5.92 Å². The van der Waals surface area contributed by atoms with Gasteiger partial charge in [-0.2, -0.15) is 0 Å². The second-order valence-electron chi connectivity index (χ2n) is 3.72. The number of esters is 1. The van der Waals surface area contributed by atoms with E-state index in [-0.39, 0.29) is 11.9 Å².